The molecule has 0 bridgehead atoms. The van der Waals surface area contributed by atoms with Crippen molar-refractivity contribution in [2.45, 2.75) is 0 Å². The van der Waals surface area contributed by atoms with Gasteiger partial charge in [0.05, 0.1) is 0 Å². The third kappa shape index (κ3) is 24.4. The van der Waals surface area contributed by atoms with Crippen LogP contribution in [0.25, 0.3) is 0 Å². The third-order valence-corrected chi connectivity index (χ3v) is 0.573. The van der Waals surface area contributed by atoms with E-state index in [0.29, 0.717) is 0 Å². The number of hydrogen-bond donors (Lipinski definition) is 2. The third-order valence-electron chi connectivity index (χ3n) is 0.573. The Hall–Kier alpha value is 1.40. The Morgan fingerprint density at radius 2 is 0.850 bits per heavy atom. The SMILES string of the molecule is O=C(O)OC(=O)OOOOC(=O)OC(=O)O.[NaH].[NaH].[NaH].[NaH]. The molecule has 0 heterocycles. The number of carbonyl (C=O) groups is 4. The summed E-state index contributed by atoms with van der Waals surface area (Å²) in [6, 6.07) is 0. The summed E-state index contributed by atoms with van der Waals surface area (Å²) in [6.45, 7) is 0. The van der Waals surface area contributed by atoms with Gasteiger partial charge in [0.25, 0.3) is 0 Å². The van der Waals surface area contributed by atoms with Gasteiger partial charge in [0.2, 0.25) is 0 Å². The van der Waals surface area contributed by atoms with Gasteiger partial charge in [0, 0.05) is 10.1 Å². The molecule has 0 amide bonds. The zero-order valence-electron chi connectivity index (χ0n) is 6.98. The first-order valence-corrected chi connectivity index (χ1v) is 2.99. The van der Waals surface area contributed by atoms with Crippen LogP contribution in [0.4, 0.5) is 19.2 Å². The molecule has 98 valence electrons. The van der Waals surface area contributed by atoms with E-state index in [1.165, 1.54) is 0 Å². The van der Waals surface area contributed by atoms with Crippen LogP contribution in [0.5, 0.6) is 0 Å². The summed E-state index contributed by atoms with van der Waals surface area (Å²) in [7, 11) is 0. The zero-order valence-corrected chi connectivity index (χ0v) is 6.98. The molecule has 0 aromatic carbocycles. The maximum atomic E-state index is 10.2. The van der Waals surface area contributed by atoms with Crippen LogP contribution in [0.3, 0.4) is 0 Å². The van der Waals surface area contributed by atoms with Crippen molar-refractivity contribution in [3.8, 4) is 0 Å². The molecular formula is C4H6Na4O12. The van der Waals surface area contributed by atoms with Gasteiger partial charge in [-0.15, -0.1) is 0 Å². The Bertz CT molecular complexity index is 276. The van der Waals surface area contributed by atoms with E-state index in [-0.39, 0.29) is 118 Å². The molecule has 0 unspecified atom stereocenters. The van der Waals surface area contributed by atoms with Gasteiger partial charge in [-0.05, 0) is 0 Å². The molecule has 0 saturated heterocycles. The van der Waals surface area contributed by atoms with Crippen LogP contribution in [0.15, 0.2) is 0 Å². The van der Waals surface area contributed by atoms with Gasteiger partial charge in [-0.3, -0.25) is 0 Å². The van der Waals surface area contributed by atoms with Crippen molar-refractivity contribution < 1.29 is 58.7 Å². The topological polar surface area (TPSA) is 164 Å². The minimum absolute atomic E-state index is 0. The van der Waals surface area contributed by atoms with Crippen LogP contribution in [0.2, 0.25) is 0 Å². The zero-order chi connectivity index (χ0) is 12.6. The fourth-order valence-electron chi connectivity index (χ4n) is 0.260. The maximum absolute atomic E-state index is 10.2. The monoisotopic (exact) mass is 338 g/mol. The molecule has 0 aliphatic rings. The predicted molar refractivity (Wildman–Crippen MR) is 61.9 cm³/mol. The van der Waals surface area contributed by atoms with Crippen LogP contribution in [0.1, 0.15) is 0 Å². The predicted octanol–water partition coefficient (Wildman–Crippen LogP) is -2.17. The molecule has 0 aliphatic heterocycles. The van der Waals surface area contributed by atoms with Gasteiger partial charge in [0.1, 0.15) is 0 Å². The Labute approximate surface area is 198 Å². The Balaban J connectivity index is -0.000000187. The number of carboxylic acid groups (broad SMARTS) is 2. The molecule has 0 rings (SSSR count). The van der Waals surface area contributed by atoms with Crippen LogP contribution in [-0.2, 0) is 29.3 Å². The van der Waals surface area contributed by atoms with Crippen molar-refractivity contribution in [1.82, 2.24) is 0 Å². The molecule has 0 radical (unpaired) electrons. The number of rotatable bonds is 3. The van der Waals surface area contributed by atoms with Gasteiger partial charge in [-0.25, -0.2) is 19.4 Å². The van der Waals surface area contributed by atoms with E-state index in [2.05, 4.69) is 29.3 Å². The molecule has 0 saturated carbocycles. The summed E-state index contributed by atoms with van der Waals surface area (Å²) in [5.74, 6) is 0. The quantitative estimate of drug-likeness (QED) is 0.143. The van der Waals surface area contributed by atoms with E-state index in [4.69, 9.17) is 10.2 Å². The molecular weight excluding hydrogens is 332 g/mol. The van der Waals surface area contributed by atoms with Crippen LogP contribution >= 0.6 is 0 Å². The van der Waals surface area contributed by atoms with Gasteiger partial charge < -0.3 is 19.7 Å². The summed E-state index contributed by atoms with van der Waals surface area (Å²) in [5, 5.41) is 22.3. The molecule has 2 N–H and O–H groups in total. The minimum atomic E-state index is -1.99. The molecule has 0 aliphatic carbocycles. The van der Waals surface area contributed by atoms with Crippen molar-refractivity contribution in [1.29, 1.82) is 0 Å². The average Bonchev–Trinajstić information content (AvgIpc) is 2.10. The van der Waals surface area contributed by atoms with E-state index in [9.17, 15) is 19.2 Å². The summed E-state index contributed by atoms with van der Waals surface area (Å²) < 4.78 is 6.61. The van der Waals surface area contributed by atoms with E-state index >= 15 is 0 Å². The van der Waals surface area contributed by atoms with Crippen molar-refractivity contribution in [2.75, 3.05) is 0 Å². The fraction of sp³-hybridized carbons (Fsp3) is 0. The Morgan fingerprint density at radius 3 is 1.05 bits per heavy atom. The molecule has 0 aromatic heterocycles. The molecule has 16 heteroatoms. The summed E-state index contributed by atoms with van der Waals surface area (Å²) >= 11 is 0. The molecule has 0 aromatic rings. The molecule has 0 spiro atoms. The average molecular weight is 338 g/mol. The standard InChI is InChI=1S/C4H2O12.4Na.4H/c5-1(6)11-3(9)13-15-16-14-4(10)12-2(7)8;;;;;;;;/h(H,5,6)(H,7,8);;;;;;;;. The summed E-state index contributed by atoms with van der Waals surface area (Å²) in [4.78, 5) is 46.5. The molecule has 12 nitrogen and oxygen atoms in total. The number of carbonyl (C=O) groups excluding carboxylic acids is 2. The van der Waals surface area contributed by atoms with Crippen molar-refractivity contribution in [3.63, 3.8) is 0 Å². The van der Waals surface area contributed by atoms with Gasteiger partial charge >= 0.3 is 143 Å². The van der Waals surface area contributed by atoms with Crippen molar-refractivity contribution in [3.05, 3.63) is 0 Å². The second-order valence-corrected chi connectivity index (χ2v) is 1.54. The van der Waals surface area contributed by atoms with Crippen LogP contribution in [-0.4, -0.2) is 153 Å². The Kier molecular flexibility index (Phi) is 33.8. The first-order chi connectivity index (χ1) is 7.41. The second-order valence-electron chi connectivity index (χ2n) is 1.54. The fourth-order valence-corrected chi connectivity index (χ4v) is 0.260. The normalized spacial score (nSPS) is 7.00. The van der Waals surface area contributed by atoms with E-state index in [1.54, 1.807) is 0 Å². The van der Waals surface area contributed by atoms with E-state index in [0.717, 1.165) is 0 Å². The summed E-state index contributed by atoms with van der Waals surface area (Å²) in [5.41, 5.74) is 0. The molecule has 0 fully saturated rings. The van der Waals surface area contributed by atoms with Crippen molar-refractivity contribution >= 4 is 143 Å². The molecule has 20 heavy (non-hydrogen) atoms. The first kappa shape index (κ1) is 33.1. The van der Waals surface area contributed by atoms with Crippen LogP contribution < -0.4 is 0 Å². The second kappa shape index (κ2) is 20.4. The first-order valence-electron chi connectivity index (χ1n) is 2.99. The number of hydrogen-bond acceptors (Lipinski definition) is 10. The van der Waals surface area contributed by atoms with Gasteiger partial charge in [0.15, 0.2) is 0 Å². The van der Waals surface area contributed by atoms with Crippen molar-refractivity contribution in [2.24, 2.45) is 0 Å². The van der Waals surface area contributed by atoms with Gasteiger partial charge in [-0.1, -0.05) is 0 Å². The van der Waals surface area contributed by atoms with Crippen LogP contribution in [0, 0.1) is 0 Å². The Morgan fingerprint density at radius 1 is 0.600 bits per heavy atom. The molecule has 0 atom stereocenters. The number of ether oxygens (including phenoxy) is 2. The summed E-state index contributed by atoms with van der Waals surface area (Å²) in [6.07, 6.45) is -7.66. The van der Waals surface area contributed by atoms with E-state index in [1.807, 2.05) is 0 Å². The van der Waals surface area contributed by atoms with Gasteiger partial charge in [-0.2, -0.15) is 9.59 Å². The van der Waals surface area contributed by atoms with E-state index < -0.39 is 24.6 Å².